The lowest BCUT2D eigenvalue weighted by Crippen LogP contribution is -2.19. The Balaban J connectivity index is 2.02. The molecule has 0 aliphatic heterocycles. The van der Waals surface area contributed by atoms with Crippen molar-refractivity contribution in [2.24, 2.45) is 0 Å². The number of hydrogen-bond acceptors (Lipinski definition) is 2. The molecule has 0 unspecified atom stereocenters. The molecule has 100 valence electrons. The zero-order valence-electron chi connectivity index (χ0n) is 11.0. The number of halogens is 1. The minimum Gasteiger partial charge on any atom is -0.329 e. The quantitative estimate of drug-likeness (QED) is 0.887. The third kappa shape index (κ3) is 3.51. The van der Waals surface area contributed by atoms with E-state index < -0.39 is 0 Å². The van der Waals surface area contributed by atoms with E-state index in [1.165, 1.54) is 6.07 Å². The van der Waals surface area contributed by atoms with Crippen LogP contribution in [0.4, 0.5) is 4.39 Å². The first-order valence-electron chi connectivity index (χ1n) is 6.23. The number of aromatic amines is 1. The van der Waals surface area contributed by atoms with Crippen LogP contribution in [0.1, 0.15) is 29.7 Å². The summed E-state index contributed by atoms with van der Waals surface area (Å²) in [7, 11) is 0. The maximum Gasteiger partial charge on any atom is 0.248 e. The van der Waals surface area contributed by atoms with E-state index in [4.69, 9.17) is 0 Å². The van der Waals surface area contributed by atoms with Gasteiger partial charge in [-0.25, -0.2) is 4.39 Å². The molecule has 0 radical (unpaired) electrons. The molecule has 0 bridgehead atoms. The Morgan fingerprint density at radius 1 is 1.32 bits per heavy atom. The molecule has 0 saturated heterocycles. The fourth-order valence-corrected chi connectivity index (χ4v) is 1.94. The van der Waals surface area contributed by atoms with Gasteiger partial charge in [0, 0.05) is 24.8 Å². The molecule has 1 aromatic heterocycles. The molecule has 2 N–H and O–H groups in total. The van der Waals surface area contributed by atoms with Gasteiger partial charge in [0.25, 0.3) is 0 Å². The highest BCUT2D eigenvalue weighted by Crippen LogP contribution is 2.12. The molecule has 0 saturated carbocycles. The molecule has 1 aromatic carbocycles. The summed E-state index contributed by atoms with van der Waals surface area (Å²) in [6.07, 6.45) is 1.64. The van der Waals surface area contributed by atoms with Crippen molar-refractivity contribution in [1.29, 1.82) is 0 Å². The van der Waals surface area contributed by atoms with Crippen LogP contribution < -0.4 is 10.9 Å². The van der Waals surface area contributed by atoms with E-state index in [0.29, 0.717) is 12.1 Å². The number of aryl methyl sites for hydroxylation is 1. The van der Waals surface area contributed by atoms with E-state index in [9.17, 15) is 9.18 Å². The van der Waals surface area contributed by atoms with Gasteiger partial charge in [-0.15, -0.1) is 0 Å². The Hall–Kier alpha value is -1.94. The van der Waals surface area contributed by atoms with Crippen LogP contribution >= 0.6 is 0 Å². The molecular formula is C15H17FN2O. The molecule has 0 fully saturated rings. The first kappa shape index (κ1) is 13.5. The normalized spacial score (nSPS) is 12.4. The molecule has 4 heteroatoms. The molecule has 3 nitrogen and oxygen atoms in total. The Labute approximate surface area is 111 Å². The molecular weight excluding hydrogens is 243 g/mol. The van der Waals surface area contributed by atoms with Gasteiger partial charge in [0.15, 0.2) is 0 Å². The van der Waals surface area contributed by atoms with Crippen molar-refractivity contribution in [3.63, 3.8) is 0 Å². The zero-order valence-corrected chi connectivity index (χ0v) is 11.0. The van der Waals surface area contributed by atoms with Gasteiger partial charge < -0.3 is 10.3 Å². The predicted molar refractivity (Wildman–Crippen MR) is 73.5 cm³/mol. The number of nitrogens with one attached hydrogen (secondary N) is 2. The molecule has 0 amide bonds. The molecule has 0 spiro atoms. The molecule has 2 rings (SSSR count). The summed E-state index contributed by atoms with van der Waals surface area (Å²) in [4.78, 5) is 13.8. The highest BCUT2D eigenvalue weighted by Gasteiger charge is 2.06. The number of rotatable bonds is 4. The van der Waals surface area contributed by atoms with Gasteiger partial charge in [0.1, 0.15) is 5.82 Å². The summed E-state index contributed by atoms with van der Waals surface area (Å²) in [5.41, 5.74) is 2.49. The summed E-state index contributed by atoms with van der Waals surface area (Å²) in [5, 5.41) is 3.31. The first-order chi connectivity index (χ1) is 9.06. The van der Waals surface area contributed by atoms with E-state index in [1.807, 2.05) is 19.1 Å². The van der Waals surface area contributed by atoms with Crippen molar-refractivity contribution >= 4 is 0 Å². The third-order valence-corrected chi connectivity index (χ3v) is 3.13. The van der Waals surface area contributed by atoms with Crippen molar-refractivity contribution < 1.29 is 4.39 Å². The maximum absolute atomic E-state index is 13.1. The summed E-state index contributed by atoms with van der Waals surface area (Å²) in [5.74, 6) is -0.189. The van der Waals surface area contributed by atoms with Crippen molar-refractivity contribution in [2.45, 2.75) is 26.4 Å². The van der Waals surface area contributed by atoms with Crippen molar-refractivity contribution in [3.8, 4) is 0 Å². The Bertz CT molecular complexity index is 622. The second-order valence-electron chi connectivity index (χ2n) is 4.67. The molecule has 1 heterocycles. The standard InChI is InChI=1S/C15H17FN2O/c1-10-7-12(3-4-14(10)16)9-18-11(2)13-5-6-17-15(19)8-13/h3-8,11,18H,9H2,1-2H3,(H,17,19)/t11-/m1/s1. The summed E-state index contributed by atoms with van der Waals surface area (Å²) in [6.45, 7) is 4.37. The minimum atomic E-state index is -0.189. The van der Waals surface area contributed by atoms with Gasteiger partial charge in [-0.3, -0.25) is 4.79 Å². The third-order valence-electron chi connectivity index (χ3n) is 3.13. The minimum absolute atomic E-state index is 0.0626. The number of hydrogen-bond donors (Lipinski definition) is 2. The second kappa shape index (κ2) is 5.80. The Morgan fingerprint density at radius 2 is 2.11 bits per heavy atom. The fourth-order valence-electron chi connectivity index (χ4n) is 1.94. The number of aromatic nitrogens is 1. The van der Waals surface area contributed by atoms with Crippen molar-refractivity contribution in [2.75, 3.05) is 0 Å². The van der Waals surface area contributed by atoms with Gasteiger partial charge in [0.2, 0.25) is 5.56 Å². The maximum atomic E-state index is 13.1. The lowest BCUT2D eigenvalue weighted by atomic mass is 10.1. The van der Waals surface area contributed by atoms with E-state index in [0.717, 1.165) is 11.1 Å². The largest absolute Gasteiger partial charge is 0.329 e. The number of benzene rings is 1. The molecule has 2 aromatic rings. The zero-order chi connectivity index (χ0) is 13.8. The van der Waals surface area contributed by atoms with Crippen LogP contribution in [0.3, 0.4) is 0 Å². The van der Waals surface area contributed by atoms with Gasteiger partial charge >= 0.3 is 0 Å². The van der Waals surface area contributed by atoms with E-state index >= 15 is 0 Å². The van der Waals surface area contributed by atoms with Crippen LogP contribution in [-0.2, 0) is 6.54 Å². The average Bonchev–Trinajstić information content (AvgIpc) is 2.40. The summed E-state index contributed by atoms with van der Waals surface area (Å²) in [6, 6.07) is 8.58. The Kier molecular flexibility index (Phi) is 4.12. The summed E-state index contributed by atoms with van der Waals surface area (Å²) >= 11 is 0. The topological polar surface area (TPSA) is 44.9 Å². The van der Waals surface area contributed by atoms with Gasteiger partial charge in [-0.2, -0.15) is 0 Å². The Morgan fingerprint density at radius 3 is 2.79 bits per heavy atom. The first-order valence-corrected chi connectivity index (χ1v) is 6.23. The van der Waals surface area contributed by atoms with Crippen LogP contribution in [0, 0.1) is 12.7 Å². The SMILES string of the molecule is Cc1cc(CN[C@H](C)c2cc[nH]c(=O)c2)ccc1F. The number of H-pyrrole nitrogens is 1. The monoisotopic (exact) mass is 260 g/mol. The van der Waals surface area contributed by atoms with E-state index in [2.05, 4.69) is 10.3 Å². The van der Waals surface area contributed by atoms with Gasteiger partial charge in [-0.05, 0) is 42.7 Å². The smallest absolute Gasteiger partial charge is 0.248 e. The van der Waals surface area contributed by atoms with E-state index in [-0.39, 0.29) is 17.4 Å². The van der Waals surface area contributed by atoms with Gasteiger partial charge in [-0.1, -0.05) is 12.1 Å². The molecule has 1 atom stereocenters. The summed E-state index contributed by atoms with van der Waals surface area (Å²) < 4.78 is 13.1. The fraction of sp³-hybridized carbons (Fsp3) is 0.267. The lowest BCUT2D eigenvalue weighted by molar-refractivity contribution is 0.571. The van der Waals surface area contributed by atoms with Crippen LogP contribution in [0.5, 0.6) is 0 Å². The number of pyridine rings is 1. The van der Waals surface area contributed by atoms with Gasteiger partial charge in [0.05, 0.1) is 0 Å². The molecule has 0 aliphatic rings. The highest BCUT2D eigenvalue weighted by molar-refractivity contribution is 5.24. The molecule has 0 aliphatic carbocycles. The van der Waals surface area contributed by atoms with Crippen LogP contribution in [0.25, 0.3) is 0 Å². The predicted octanol–water partition coefficient (Wildman–Crippen LogP) is 2.67. The van der Waals surface area contributed by atoms with Crippen molar-refractivity contribution in [3.05, 3.63) is 69.4 Å². The molecule has 19 heavy (non-hydrogen) atoms. The second-order valence-corrected chi connectivity index (χ2v) is 4.67. The van der Waals surface area contributed by atoms with Crippen LogP contribution in [0.2, 0.25) is 0 Å². The lowest BCUT2D eigenvalue weighted by Gasteiger charge is -2.14. The van der Waals surface area contributed by atoms with E-state index in [1.54, 1.807) is 25.3 Å². The average molecular weight is 260 g/mol. The van der Waals surface area contributed by atoms with Crippen LogP contribution in [-0.4, -0.2) is 4.98 Å². The van der Waals surface area contributed by atoms with Crippen molar-refractivity contribution in [1.82, 2.24) is 10.3 Å². The van der Waals surface area contributed by atoms with Crippen LogP contribution in [0.15, 0.2) is 41.3 Å². The highest BCUT2D eigenvalue weighted by atomic mass is 19.1.